The molecule has 100 valence electrons. The van der Waals surface area contributed by atoms with E-state index < -0.39 is 0 Å². The number of aryl methyl sites for hydroxylation is 1. The summed E-state index contributed by atoms with van der Waals surface area (Å²) in [6.45, 7) is 5.18. The molecule has 0 saturated carbocycles. The number of hydrogen-bond acceptors (Lipinski definition) is 3. The summed E-state index contributed by atoms with van der Waals surface area (Å²) in [5, 5.41) is 0. The average Bonchev–Trinajstić information content (AvgIpc) is 2.34. The SMILES string of the molecule is CN(CCC(C)(C)N)c1ccc2c(c1)CCCS2. The van der Waals surface area contributed by atoms with E-state index in [1.807, 2.05) is 11.8 Å². The molecule has 1 heterocycles. The van der Waals surface area contributed by atoms with Crippen LogP contribution >= 0.6 is 11.8 Å². The van der Waals surface area contributed by atoms with Gasteiger partial charge in [0.25, 0.3) is 0 Å². The molecule has 0 unspecified atom stereocenters. The van der Waals surface area contributed by atoms with Crippen LogP contribution in [0.25, 0.3) is 0 Å². The Morgan fingerprint density at radius 3 is 2.89 bits per heavy atom. The molecule has 0 aromatic heterocycles. The molecule has 0 radical (unpaired) electrons. The molecule has 2 rings (SSSR count). The van der Waals surface area contributed by atoms with E-state index in [1.54, 1.807) is 0 Å². The van der Waals surface area contributed by atoms with E-state index in [1.165, 1.54) is 34.7 Å². The number of thioether (sulfide) groups is 1. The number of fused-ring (bicyclic) bond motifs is 1. The summed E-state index contributed by atoms with van der Waals surface area (Å²) in [6.07, 6.45) is 3.54. The van der Waals surface area contributed by atoms with Crippen molar-refractivity contribution >= 4 is 17.4 Å². The first kappa shape index (κ1) is 13.8. The van der Waals surface area contributed by atoms with Crippen LogP contribution in [0.3, 0.4) is 0 Å². The minimum absolute atomic E-state index is 0.0850. The molecule has 2 nitrogen and oxygen atoms in total. The third kappa shape index (κ3) is 3.66. The van der Waals surface area contributed by atoms with Gasteiger partial charge in [0, 0.05) is 29.7 Å². The smallest absolute Gasteiger partial charge is 0.0367 e. The lowest BCUT2D eigenvalue weighted by atomic mass is 10.0. The Hall–Kier alpha value is -0.670. The maximum Gasteiger partial charge on any atom is 0.0367 e. The molecule has 1 aromatic carbocycles. The molecule has 0 saturated heterocycles. The Kier molecular flexibility index (Phi) is 4.23. The molecule has 0 spiro atoms. The van der Waals surface area contributed by atoms with Crippen molar-refractivity contribution in [1.29, 1.82) is 0 Å². The fourth-order valence-corrected chi connectivity index (χ4v) is 3.19. The van der Waals surface area contributed by atoms with Gasteiger partial charge in [-0.1, -0.05) is 0 Å². The standard InChI is InChI=1S/C15H24N2S/c1-15(2,16)8-9-17(3)13-6-7-14-12(11-13)5-4-10-18-14/h6-7,11H,4-5,8-10,16H2,1-3H3. The normalized spacial score (nSPS) is 15.3. The summed E-state index contributed by atoms with van der Waals surface area (Å²) >= 11 is 1.99. The maximum atomic E-state index is 6.04. The van der Waals surface area contributed by atoms with Crippen molar-refractivity contribution < 1.29 is 0 Å². The lowest BCUT2D eigenvalue weighted by Gasteiger charge is -2.26. The largest absolute Gasteiger partial charge is 0.375 e. The van der Waals surface area contributed by atoms with Gasteiger partial charge < -0.3 is 10.6 Å². The van der Waals surface area contributed by atoms with Crippen LogP contribution in [0.1, 0.15) is 32.3 Å². The van der Waals surface area contributed by atoms with Crippen LogP contribution in [0, 0.1) is 0 Å². The highest BCUT2D eigenvalue weighted by Gasteiger charge is 2.14. The molecular formula is C15H24N2S. The van der Waals surface area contributed by atoms with Crippen molar-refractivity contribution in [3.63, 3.8) is 0 Å². The van der Waals surface area contributed by atoms with Crippen molar-refractivity contribution in [2.75, 3.05) is 24.2 Å². The highest BCUT2D eigenvalue weighted by molar-refractivity contribution is 7.99. The monoisotopic (exact) mass is 264 g/mol. The Morgan fingerprint density at radius 1 is 1.39 bits per heavy atom. The lowest BCUT2D eigenvalue weighted by molar-refractivity contribution is 0.479. The fraction of sp³-hybridized carbons (Fsp3) is 0.600. The lowest BCUT2D eigenvalue weighted by Crippen LogP contribution is -2.36. The van der Waals surface area contributed by atoms with Crippen molar-refractivity contribution in [3.8, 4) is 0 Å². The van der Waals surface area contributed by atoms with E-state index in [4.69, 9.17) is 5.73 Å². The van der Waals surface area contributed by atoms with Crippen LogP contribution in [-0.4, -0.2) is 24.9 Å². The Balaban J connectivity index is 2.04. The summed E-state index contributed by atoms with van der Waals surface area (Å²) in [5.41, 5.74) is 8.79. The fourth-order valence-electron chi connectivity index (χ4n) is 2.17. The quantitative estimate of drug-likeness (QED) is 0.905. The van der Waals surface area contributed by atoms with Gasteiger partial charge in [-0.05, 0) is 62.6 Å². The number of rotatable bonds is 4. The first-order valence-electron chi connectivity index (χ1n) is 6.71. The van der Waals surface area contributed by atoms with Crippen molar-refractivity contribution in [3.05, 3.63) is 23.8 Å². The van der Waals surface area contributed by atoms with Crippen LogP contribution in [-0.2, 0) is 6.42 Å². The number of hydrogen-bond donors (Lipinski definition) is 1. The van der Waals surface area contributed by atoms with Gasteiger partial charge in [0.1, 0.15) is 0 Å². The Bertz CT molecular complexity index is 409. The first-order chi connectivity index (χ1) is 8.46. The van der Waals surface area contributed by atoms with Crippen molar-refractivity contribution in [2.24, 2.45) is 5.73 Å². The van der Waals surface area contributed by atoms with Gasteiger partial charge in [-0.2, -0.15) is 0 Å². The number of benzene rings is 1. The Morgan fingerprint density at radius 2 is 2.17 bits per heavy atom. The molecule has 1 aliphatic rings. The van der Waals surface area contributed by atoms with Gasteiger partial charge in [0.2, 0.25) is 0 Å². The number of nitrogens with two attached hydrogens (primary N) is 1. The third-order valence-electron chi connectivity index (χ3n) is 3.42. The second-order valence-corrected chi connectivity index (χ2v) is 7.04. The van der Waals surface area contributed by atoms with E-state index in [0.29, 0.717) is 0 Å². The van der Waals surface area contributed by atoms with Crippen molar-refractivity contribution in [1.82, 2.24) is 0 Å². The molecule has 0 bridgehead atoms. The summed E-state index contributed by atoms with van der Waals surface area (Å²) in [4.78, 5) is 3.78. The second kappa shape index (κ2) is 5.54. The number of nitrogens with zero attached hydrogens (tertiary/aromatic N) is 1. The van der Waals surface area contributed by atoms with Crippen LogP contribution in [0.2, 0.25) is 0 Å². The zero-order valence-corrected chi connectivity index (χ0v) is 12.5. The molecule has 0 atom stereocenters. The van der Waals surface area contributed by atoms with E-state index in [0.717, 1.165) is 13.0 Å². The van der Waals surface area contributed by atoms with Gasteiger partial charge in [0.15, 0.2) is 0 Å². The average molecular weight is 264 g/mol. The zero-order valence-electron chi connectivity index (χ0n) is 11.7. The summed E-state index contributed by atoms with van der Waals surface area (Å²) in [6, 6.07) is 6.87. The molecule has 1 aromatic rings. The molecule has 2 N–H and O–H groups in total. The van der Waals surface area contributed by atoms with Gasteiger partial charge in [-0.25, -0.2) is 0 Å². The van der Waals surface area contributed by atoms with Gasteiger partial charge >= 0.3 is 0 Å². The van der Waals surface area contributed by atoms with Gasteiger partial charge in [-0.15, -0.1) is 11.8 Å². The van der Waals surface area contributed by atoms with Crippen molar-refractivity contribution in [2.45, 2.75) is 43.5 Å². The van der Waals surface area contributed by atoms with E-state index in [-0.39, 0.29) is 5.54 Å². The first-order valence-corrected chi connectivity index (χ1v) is 7.70. The predicted molar refractivity (Wildman–Crippen MR) is 81.6 cm³/mol. The minimum Gasteiger partial charge on any atom is -0.375 e. The summed E-state index contributed by atoms with van der Waals surface area (Å²) < 4.78 is 0. The molecule has 18 heavy (non-hydrogen) atoms. The zero-order chi connectivity index (χ0) is 13.2. The topological polar surface area (TPSA) is 29.3 Å². The Labute approximate surface area is 115 Å². The third-order valence-corrected chi connectivity index (χ3v) is 4.63. The molecule has 1 aliphatic heterocycles. The van der Waals surface area contributed by atoms with Gasteiger partial charge in [0.05, 0.1) is 0 Å². The van der Waals surface area contributed by atoms with Crippen LogP contribution in [0.4, 0.5) is 5.69 Å². The molecular weight excluding hydrogens is 240 g/mol. The predicted octanol–water partition coefficient (Wildman–Crippen LogP) is 3.29. The molecule has 3 heteroatoms. The summed E-state index contributed by atoms with van der Waals surface area (Å²) in [5.74, 6) is 1.27. The minimum atomic E-state index is -0.0850. The van der Waals surface area contributed by atoms with E-state index >= 15 is 0 Å². The van der Waals surface area contributed by atoms with E-state index in [9.17, 15) is 0 Å². The molecule has 0 amide bonds. The highest BCUT2D eigenvalue weighted by Crippen LogP contribution is 2.32. The van der Waals surface area contributed by atoms with Crippen LogP contribution < -0.4 is 10.6 Å². The molecule has 0 aliphatic carbocycles. The van der Waals surface area contributed by atoms with E-state index in [2.05, 4.69) is 44.0 Å². The van der Waals surface area contributed by atoms with Gasteiger partial charge in [-0.3, -0.25) is 0 Å². The summed E-state index contributed by atoms with van der Waals surface area (Å²) in [7, 11) is 2.16. The molecule has 0 fully saturated rings. The highest BCUT2D eigenvalue weighted by atomic mass is 32.2. The van der Waals surface area contributed by atoms with Crippen LogP contribution in [0.15, 0.2) is 23.1 Å². The second-order valence-electron chi connectivity index (χ2n) is 5.90. The maximum absolute atomic E-state index is 6.04. The number of anilines is 1. The van der Waals surface area contributed by atoms with Crippen LogP contribution in [0.5, 0.6) is 0 Å².